The molecule has 7 heteroatoms. The largest absolute Gasteiger partial charge is 1.00 e. The van der Waals surface area contributed by atoms with Gasteiger partial charge in [0, 0.05) is 10.6 Å². The monoisotopic (exact) mass is 331 g/mol. The fourth-order valence-corrected chi connectivity index (χ4v) is 1.71. The second-order valence-corrected chi connectivity index (χ2v) is 5.56. The molecule has 22 heavy (non-hydrogen) atoms. The van der Waals surface area contributed by atoms with Crippen molar-refractivity contribution in [2.45, 2.75) is 33.0 Å². The Labute approximate surface area is 155 Å². The number of benzene rings is 1. The minimum absolute atomic E-state index is 0. The third kappa shape index (κ3) is 4.57. The molecule has 2 aromatic rings. The molecular weight excluding hydrogens is 317 g/mol. The number of carbonyl (C=O) groups is 1. The van der Waals surface area contributed by atoms with Gasteiger partial charge in [-0.05, 0) is 45.0 Å². The number of carboxylic acid groups (broad SMARTS) is 1. The van der Waals surface area contributed by atoms with E-state index in [1.165, 1.54) is 13.8 Å². The summed E-state index contributed by atoms with van der Waals surface area (Å²) in [7, 11) is 0. The van der Waals surface area contributed by atoms with E-state index in [9.17, 15) is 9.90 Å². The Morgan fingerprint density at radius 3 is 2.50 bits per heavy atom. The quantitative estimate of drug-likeness (QED) is 0.681. The summed E-state index contributed by atoms with van der Waals surface area (Å²) in [6, 6.07) is 7.07. The summed E-state index contributed by atoms with van der Waals surface area (Å²) in [5.74, 6) is -0.360. The van der Waals surface area contributed by atoms with E-state index < -0.39 is 11.6 Å². The summed E-state index contributed by atoms with van der Waals surface area (Å²) in [6.07, 6.45) is 0. The van der Waals surface area contributed by atoms with Gasteiger partial charge < -0.3 is 19.1 Å². The predicted octanol–water partition coefficient (Wildman–Crippen LogP) is -0.647. The van der Waals surface area contributed by atoms with Crippen molar-refractivity contribution in [3.05, 3.63) is 40.7 Å². The van der Waals surface area contributed by atoms with Gasteiger partial charge in [0.25, 0.3) is 0 Å². The Morgan fingerprint density at radius 1 is 1.36 bits per heavy atom. The van der Waals surface area contributed by atoms with Crippen molar-refractivity contribution in [3.63, 3.8) is 0 Å². The normalized spacial score (nSPS) is 11.1. The van der Waals surface area contributed by atoms with Gasteiger partial charge in [0.1, 0.15) is 12.2 Å². The number of carbonyl (C=O) groups excluding carboxylic acids is 1. The van der Waals surface area contributed by atoms with Gasteiger partial charge in [-0.2, -0.15) is 0 Å². The second-order valence-electron chi connectivity index (χ2n) is 5.12. The van der Waals surface area contributed by atoms with Gasteiger partial charge in [-0.15, -0.1) is 0 Å². The molecule has 1 aromatic heterocycles. The minimum Gasteiger partial charge on any atom is -0.547 e. The van der Waals surface area contributed by atoms with E-state index in [2.05, 4.69) is 4.98 Å². The first kappa shape index (κ1) is 19.2. The molecule has 0 N–H and O–H groups in total. The summed E-state index contributed by atoms with van der Waals surface area (Å²) in [6.45, 7) is 4.63. The van der Waals surface area contributed by atoms with Crippen molar-refractivity contribution in [2.75, 3.05) is 0 Å². The maximum Gasteiger partial charge on any atom is 1.00 e. The van der Waals surface area contributed by atoms with Crippen LogP contribution in [-0.2, 0) is 16.1 Å². The SMILES string of the molecule is Cc1nc(-c2ccc(Cl)cc2)oc1COC(C)(C)C(=O)[O-].[Na+]. The zero-order chi connectivity index (χ0) is 15.6. The number of nitrogens with zero attached hydrogens (tertiary/aromatic N) is 1. The number of rotatable bonds is 5. The zero-order valence-corrected chi connectivity index (χ0v) is 15.7. The molecule has 5 nitrogen and oxygen atoms in total. The van der Waals surface area contributed by atoms with Crippen molar-refractivity contribution in [2.24, 2.45) is 0 Å². The second kappa shape index (κ2) is 7.62. The van der Waals surface area contributed by atoms with Crippen LogP contribution in [-0.4, -0.2) is 16.6 Å². The van der Waals surface area contributed by atoms with E-state index in [0.29, 0.717) is 22.4 Å². The van der Waals surface area contributed by atoms with E-state index in [0.717, 1.165) is 5.56 Å². The molecule has 112 valence electrons. The third-order valence-electron chi connectivity index (χ3n) is 3.04. The third-order valence-corrected chi connectivity index (χ3v) is 3.29. The standard InChI is InChI=1S/C15H16ClNO4.Na/c1-9-12(8-20-15(2,3)14(18)19)21-13(17-9)10-4-6-11(16)7-5-10;/h4-7H,8H2,1-3H3,(H,18,19);/q;+1/p-1. The number of aliphatic carboxylic acids is 1. The van der Waals surface area contributed by atoms with Crippen LogP contribution in [0, 0.1) is 6.92 Å². The van der Waals surface area contributed by atoms with Gasteiger partial charge in [0.05, 0.1) is 11.7 Å². The number of oxazole rings is 1. The van der Waals surface area contributed by atoms with Crippen molar-refractivity contribution < 1.29 is 48.6 Å². The molecule has 0 amide bonds. The van der Waals surface area contributed by atoms with Crippen LogP contribution < -0.4 is 34.7 Å². The molecule has 0 atom stereocenters. The van der Waals surface area contributed by atoms with Gasteiger partial charge in [-0.25, -0.2) is 4.98 Å². The van der Waals surface area contributed by atoms with Crippen LogP contribution in [0.15, 0.2) is 28.7 Å². The van der Waals surface area contributed by atoms with Crippen LogP contribution in [0.2, 0.25) is 5.02 Å². The zero-order valence-electron chi connectivity index (χ0n) is 13.0. The van der Waals surface area contributed by atoms with E-state index in [1.807, 2.05) is 0 Å². The van der Waals surface area contributed by atoms with Crippen molar-refractivity contribution in [1.82, 2.24) is 4.98 Å². The minimum atomic E-state index is -1.39. The molecule has 0 unspecified atom stereocenters. The van der Waals surface area contributed by atoms with Gasteiger partial charge in [-0.3, -0.25) is 0 Å². The molecule has 0 saturated heterocycles. The molecule has 2 rings (SSSR count). The van der Waals surface area contributed by atoms with Gasteiger partial charge in [0.15, 0.2) is 5.76 Å². The van der Waals surface area contributed by atoms with Crippen LogP contribution in [0.4, 0.5) is 0 Å². The van der Waals surface area contributed by atoms with Crippen molar-refractivity contribution >= 4 is 17.6 Å². The van der Waals surface area contributed by atoms with Crippen LogP contribution in [0.3, 0.4) is 0 Å². The number of hydrogen-bond donors (Lipinski definition) is 0. The summed E-state index contributed by atoms with van der Waals surface area (Å²) < 4.78 is 10.9. The van der Waals surface area contributed by atoms with Gasteiger partial charge in [0.2, 0.25) is 5.89 Å². The molecule has 0 radical (unpaired) electrons. The smallest absolute Gasteiger partial charge is 0.547 e. The molecule has 0 spiro atoms. The first-order valence-electron chi connectivity index (χ1n) is 6.37. The topological polar surface area (TPSA) is 75.4 Å². The summed E-state index contributed by atoms with van der Waals surface area (Å²) in [4.78, 5) is 15.2. The summed E-state index contributed by atoms with van der Waals surface area (Å²) in [5.41, 5.74) is 0.0432. The van der Waals surface area contributed by atoms with E-state index >= 15 is 0 Å². The molecule has 0 bridgehead atoms. The summed E-state index contributed by atoms with van der Waals surface area (Å²) >= 11 is 5.83. The molecular formula is C15H15ClNNaO4. The van der Waals surface area contributed by atoms with Gasteiger partial charge in [-0.1, -0.05) is 11.6 Å². The van der Waals surface area contributed by atoms with Crippen LogP contribution in [0.1, 0.15) is 25.3 Å². The number of aryl methyl sites for hydroxylation is 1. The maximum atomic E-state index is 10.9. The molecule has 0 aliphatic carbocycles. The van der Waals surface area contributed by atoms with Crippen LogP contribution in [0.25, 0.3) is 11.5 Å². The van der Waals surface area contributed by atoms with Crippen LogP contribution >= 0.6 is 11.6 Å². The van der Waals surface area contributed by atoms with Crippen molar-refractivity contribution in [3.8, 4) is 11.5 Å². The Morgan fingerprint density at radius 2 is 1.95 bits per heavy atom. The molecule has 0 fully saturated rings. The fraction of sp³-hybridized carbons (Fsp3) is 0.333. The maximum absolute atomic E-state index is 10.9. The average molecular weight is 332 g/mol. The Bertz CT molecular complexity index is 652. The predicted molar refractivity (Wildman–Crippen MR) is 75.6 cm³/mol. The number of carboxylic acids is 1. The molecule has 1 heterocycles. The fourth-order valence-electron chi connectivity index (χ4n) is 1.58. The average Bonchev–Trinajstić information content (AvgIpc) is 2.78. The Hall–Kier alpha value is -0.850. The molecule has 0 aliphatic rings. The molecule has 1 aromatic carbocycles. The molecule has 0 aliphatic heterocycles. The number of aromatic nitrogens is 1. The van der Waals surface area contributed by atoms with Crippen LogP contribution in [0.5, 0.6) is 0 Å². The van der Waals surface area contributed by atoms with E-state index in [1.54, 1.807) is 31.2 Å². The Balaban J connectivity index is 0.00000242. The van der Waals surface area contributed by atoms with E-state index in [-0.39, 0.29) is 36.2 Å². The summed E-state index contributed by atoms with van der Waals surface area (Å²) in [5, 5.41) is 11.5. The van der Waals surface area contributed by atoms with Crippen molar-refractivity contribution in [1.29, 1.82) is 0 Å². The molecule has 0 saturated carbocycles. The van der Waals surface area contributed by atoms with Gasteiger partial charge >= 0.3 is 29.6 Å². The van der Waals surface area contributed by atoms with E-state index in [4.69, 9.17) is 20.8 Å². The number of hydrogen-bond acceptors (Lipinski definition) is 5. The number of halogens is 1. The first-order valence-corrected chi connectivity index (χ1v) is 6.75. The Kier molecular flexibility index (Phi) is 6.65. The first-order chi connectivity index (χ1) is 9.79. The number of ether oxygens (including phenoxy) is 1.